The lowest BCUT2D eigenvalue weighted by molar-refractivity contribution is 0.0872. The molecule has 0 bridgehead atoms. The molecular formula is C14H21BrN2O. The summed E-state index contributed by atoms with van der Waals surface area (Å²) in [5, 5.41) is 3.49. The van der Waals surface area contributed by atoms with Gasteiger partial charge in [-0.15, -0.1) is 0 Å². The number of hydrogen-bond acceptors (Lipinski definition) is 3. The van der Waals surface area contributed by atoms with Gasteiger partial charge in [-0.05, 0) is 36.5 Å². The molecular weight excluding hydrogens is 292 g/mol. The molecule has 1 fully saturated rings. The molecule has 0 amide bonds. The summed E-state index contributed by atoms with van der Waals surface area (Å²) in [6.07, 6.45) is 2.70. The van der Waals surface area contributed by atoms with Crippen molar-refractivity contribution >= 4 is 21.6 Å². The van der Waals surface area contributed by atoms with Crippen LogP contribution in [0.3, 0.4) is 0 Å². The highest BCUT2D eigenvalue weighted by Crippen LogP contribution is 2.23. The molecule has 1 aliphatic rings. The minimum Gasteiger partial charge on any atom is -0.398 e. The lowest BCUT2D eigenvalue weighted by Gasteiger charge is -2.17. The predicted molar refractivity (Wildman–Crippen MR) is 78.4 cm³/mol. The third-order valence-corrected chi connectivity index (χ3v) is 4.07. The van der Waals surface area contributed by atoms with Crippen molar-refractivity contribution in [2.24, 2.45) is 5.92 Å². The Bertz CT molecular complexity index is 397. The van der Waals surface area contributed by atoms with Crippen LogP contribution in [0.1, 0.15) is 25.3 Å². The van der Waals surface area contributed by atoms with Crippen molar-refractivity contribution in [3.05, 3.63) is 28.2 Å². The normalized spacial score (nSPS) is 23.4. The van der Waals surface area contributed by atoms with Gasteiger partial charge in [0.15, 0.2) is 0 Å². The molecule has 1 aliphatic heterocycles. The Morgan fingerprint density at radius 1 is 1.50 bits per heavy atom. The van der Waals surface area contributed by atoms with E-state index in [9.17, 15) is 0 Å². The number of anilines is 1. The van der Waals surface area contributed by atoms with Crippen LogP contribution in [-0.4, -0.2) is 19.3 Å². The van der Waals surface area contributed by atoms with Gasteiger partial charge in [0.05, 0.1) is 6.10 Å². The largest absolute Gasteiger partial charge is 0.398 e. The van der Waals surface area contributed by atoms with Crippen molar-refractivity contribution in [1.29, 1.82) is 0 Å². The maximum atomic E-state index is 5.97. The first-order valence-corrected chi connectivity index (χ1v) is 7.36. The summed E-state index contributed by atoms with van der Waals surface area (Å²) in [6.45, 7) is 4.93. The first-order valence-electron chi connectivity index (χ1n) is 6.57. The highest BCUT2D eigenvalue weighted by atomic mass is 79.9. The molecule has 4 heteroatoms. The maximum Gasteiger partial charge on any atom is 0.0613 e. The molecule has 2 rings (SSSR count). The van der Waals surface area contributed by atoms with Crippen molar-refractivity contribution in [2.45, 2.75) is 32.4 Å². The highest BCUT2D eigenvalue weighted by Gasteiger charge is 2.25. The van der Waals surface area contributed by atoms with Crippen molar-refractivity contribution in [3.63, 3.8) is 0 Å². The van der Waals surface area contributed by atoms with Gasteiger partial charge in [0.1, 0.15) is 0 Å². The average Bonchev–Trinajstić information content (AvgIpc) is 2.79. The zero-order chi connectivity index (χ0) is 13.0. The second-order valence-corrected chi connectivity index (χ2v) is 5.76. The van der Waals surface area contributed by atoms with E-state index in [1.165, 1.54) is 6.42 Å². The van der Waals surface area contributed by atoms with Crippen molar-refractivity contribution < 1.29 is 4.74 Å². The summed E-state index contributed by atoms with van der Waals surface area (Å²) in [5.41, 5.74) is 7.97. The number of halogens is 1. The standard InChI is InChI=1S/C14H21BrN2O/c1-2-14-11(5-6-18-14)9-17-8-10-3-4-12(15)7-13(10)16/h3-4,7,11,14,17H,2,5-6,8-9,16H2,1H3. The van der Waals surface area contributed by atoms with E-state index in [-0.39, 0.29) is 0 Å². The molecule has 1 aromatic carbocycles. The quantitative estimate of drug-likeness (QED) is 0.822. The van der Waals surface area contributed by atoms with E-state index in [2.05, 4.69) is 34.2 Å². The molecule has 0 saturated carbocycles. The minimum absolute atomic E-state index is 0.430. The SMILES string of the molecule is CCC1OCCC1CNCc1ccc(Br)cc1N. The Kier molecular flexibility index (Phi) is 5.03. The summed E-state index contributed by atoms with van der Waals surface area (Å²) in [5.74, 6) is 0.645. The number of hydrogen-bond donors (Lipinski definition) is 2. The fourth-order valence-corrected chi connectivity index (χ4v) is 2.88. The topological polar surface area (TPSA) is 47.3 Å². The van der Waals surface area contributed by atoms with Crippen molar-refractivity contribution in [1.82, 2.24) is 5.32 Å². The molecule has 0 aromatic heterocycles. The third-order valence-electron chi connectivity index (χ3n) is 3.58. The zero-order valence-electron chi connectivity index (χ0n) is 10.8. The van der Waals surface area contributed by atoms with E-state index >= 15 is 0 Å². The summed E-state index contributed by atoms with van der Waals surface area (Å²) < 4.78 is 6.71. The van der Waals surface area contributed by atoms with Crippen LogP contribution in [0.2, 0.25) is 0 Å². The number of nitrogens with one attached hydrogen (secondary N) is 1. The van der Waals surface area contributed by atoms with Crippen LogP contribution in [0, 0.1) is 5.92 Å². The Labute approximate surface area is 117 Å². The van der Waals surface area contributed by atoms with Crippen LogP contribution in [-0.2, 0) is 11.3 Å². The molecule has 100 valence electrons. The van der Waals surface area contributed by atoms with E-state index in [4.69, 9.17) is 10.5 Å². The molecule has 0 spiro atoms. The van der Waals surface area contributed by atoms with Gasteiger partial charge in [-0.3, -0.25) is 0 Å². The Hall–Kier alpha value is -0.580. The second-order valence-electron chi connectivity index (χ2n) is 4.84. The Morgan fingerprint density at radius 3 is 3.06 bits per heavy atom. The fourth-order valence-electron chi connectivity index (χ4n) is 2.50. The zero-order valence-corrected chi connectivity index (χ0v) is 12.4. The van der Waals surface area contributed by atoms with E-state index in [0.29, 0.717) is 12.0 Å². The first-order chi connectivity index (χ1) is 8.70. The van der Waals surface area contributed by atoms with E-state index in [1.54, 1.807) is 0 Å². The number of ether oxygens (including phenoxy) is 1. The Balaban J connectivity index is 1.81. The molecule has 2 unspecified atom stereocenters. The maximum absolute atomic E-state index is 5.97. The average molecular weight is 313 g/mol. The second kappa shape index (κ2) is 6.55. The molecule has 3 nitrogen and oxygen atoms in total. The molecule has 1 heterocycles. The number of nitrogen functional groups attached to an aromatic ring is 1. The van der Waals surface area contributed by atoms with Gasteiger partial charge < -0.3 is 15.8 Å². The summed E-state index contributed by atoms with van der Waals surface area (Å²) in [6, 6.07) is 6.04. The Morgan fingerprint density at radius 2 is 2.33 bits per heavy atom. The molecule has 1 saturated heterocycles. The van der Waals surface area contributed by atoms with Crippen LogP contribution in [0.4, 0.5) is 5.69 Å². The van der Waals surface area contributed by atoms with Crippen molar-refractivity contribution in [3.8, 4) is 0 Å². The van der Waals surface area contributed by atoms with Gasteiger partial charge in [-0.25, -0.2) is 0 Å². The monoisotopic (exact) mass is 312 g/mol. The van der Waals surface area contributed by atoms with E-state index in [0.717, 1.165) is 41.8 Å². The molecule has 0 aliphatic carbocycles. The van der Waals surface area contributed by atoms with Gasteiger partial charge in [0.25, 0.3) is 0 Å². The molecule has 1 aromatic rings. The van der Waals surface area contributed by atoms with Crippen LogP contribution >= 0.6 is 15.9 Å². The van der Waals surface area contributed by atoms with Gasteiger partial charge in [0.2, 0.25) is 0 Å². The summed E-state index contributed by atoms with van der Waals surface area (Å²) in [7, 11) is 0. The van der Waals surface area contributed by atoms with E-state index < -0.39 is 0 Å². The molecule has 3 N–H and O–H groups in total. The lowest BCUT2D eigenvalue weighted by Crippen LogP contribution is -2.28. The lowest BCUT2D eigenvalue weighted by atomic mass is 9.99. The fraction of sp³-hybridized carbons (Fsp3) is 0.571. The van der Waals surface area contributed by atoms with Gasteiger partial charge in [-0.1, -0.05) is 28.9 Å². The molecule has 18 heavy (non-hydrogen) atoms. The predicted octanol–water partition coefficient (Wildman–Crippen LogP) is 2.94. The van der Waals surface area contributed by atoms with Gasteiger partial charge in [0, 0.05) is 29.9 Å². The van der Waals surface area contributed by atoms with E-state index in [1.807, 2.05) is 12.1 Å². The van der Waals surface area contributed by atoms with Crippen LogP contribution in [0.25, 0.3) is 0 Å². The van der Waals surface area contributed by atoms with Crippen LogP contribution < -0.4 is 11.1 Å². The minimum atomic E-state index is 0.430. The van der Waals surface area contributed by atoms with Gasteiger partial charge in [-0.2, -0.15) is 0 Å². The molecule has 0 radical (unpaired) electrons. The smallest absolute Gasteiger partial charge is 0.0613 e. The number of rotatable bonds is 5. The highest BCUT2D eigenvalue weighted by molar-refractivity contribution is 9.10. The van der Waals surface area contributed by atoms with Gasteiger partial charge >= 0.3 is 0 Å². The van der Waals surface area contributed by atoms with Crippen LogP contribution in [0.15, 0.2) is 22.7 Å². The number of benzene rings is 1. The van der Waals surface area contributed by atoms with Crippen molar-refractivity contribution in [2.75, 3.05) is 18.9 Å². The number of nitrogens with two attached hydrogens (primary N) is 1. The third kappa shape index (κ3) is 3.46. The molecule has 2 atom stereocenters. The first kappa shape index (κ1) is 13.8. The summed E-state index contributed by atoms with van der Waals surface area (Å²) >= 11 is 3.42. The summed E-state index contributed by atoms with van der Waals surface area (Å²) in [4.78, 5) is 0. The van der Waals surface area contributed by atoms with Crippen LogP contribution in [0.5, 0.6) is 0 Å².